The quantitative estimate of drug-likeness (QED) is 0.549. The lowest BCUT2D eigenvalue weighted by atomic mass is 10.2. The average Bonchev–Trinajstić information content (AvgIpc) is 3.17. The molecule has 3 heterocycles. The number of halogens is 1. The fraction of sp³-hybridized carbons (Fsp3) is 0.667. The SMILES string of the molecule is CC(C)(C)OC(=O)N1CCN2C(NCCN3CCN(Cc4ccccc4)CC3)=NCC2C1.I. The molecule has 0 spiro atoms. The Labute approximate surface area is 215 Å². The first-order valence-electron chi connectivity index (χ1n) is 11.9. The smallest absolute Gasteiger partial charge is 0.410 e. The molecule has 1 N–H and O–H groups in total. The maximum atomic E-state index is 12.4. The molecule has 0 radical (unpaired) electrons. The van der Waals surface area contributed by atoms with Gasteiger partial charge in [-0.2, -0.15) is 0 Å². The molecule has 3 aliphatic heterocycles. The summed E-state index contributed by atoms with van der Waals surface area (Å²) < 4.78 is 5.53. The Bertz CT molecular complexity index is 792. The van der Waals surface area contributed by atoms with Crippen molar-refractivity contribution < 1.29 is 9.53 Å². The summed E-state index contributed by atoms with van der Waals surface area (Å²) >= 11 is 0. The number of fused-ring (bicyclic) bond motifs is 1. The van der Waals surface area contributed by atoms with Gasteiger partial charge < -0.3 is 19.9 Å². The molecular weight excluding hydrogens is 531 g/mol. The van der Waals surface area contributed by atoms with Crippen LogP contribution >= 0.6 is 24.0 Å². The van der Waals surface area contributed by atoms with Crippen LogP contribution in [0, 0.1) is 0 Å². The largest absolute Gasteiger partial charge is 0.444 e. The average molecular weight is 571 g/mol. The number of piperazine rings is 2. The summed E-state index contributed by atoms with van der Waals surface area (Å²) in [4.78, 5) is 26.3. The third-order valence-corrected chi connectivity index (χ3v) is 6.28. The number of nitrogens with one attached hydrogen (secondary N) is 1. The molecular formula is C24H39IN6O2. The summed E-state index contributed by atoms with van der Waals surface area (Å²) in [6.45, 7) is 16.0. The van der Waals surface area contributed by atoms with Gasteiger partial charge in [-0.15, -0.1) is 24.0 Å². The molecule has 3 aliphatic rings. The maximum absolute atomic E-state index is 12.4. The van der Waals surface area contributed by atoms with Gasteiger partial charge in [0.05, 0.1) is 12.6 Å². The molecule has 1 aromatic rings. The number of hydrogen-bond donors (Lipinski definition) is 1. The number of aliphatic imine (C=N–C) groups is 1. The summed E-state index contributed by atoms with van der Waals surface area (Å²) in [6, 6.07) is 11.0. The maximum Gasteiger partial charge on any atom is 0.410 e. The van der Waals surface area contributed by atoms with Crippen LogP contribution in [0.5, 0.6) is 0 Å². The zero-order valence-electron chi connectivity index (χ0n) is 20.2. The highest BCUT2D eigenvalue weighted by molar-refractivity contribution is 14.0. The molecule has 33 heavy (non-hydrogen) atoms. The van der Waals surface area contributed by atoms with Crippen LogP contribution in [0.15, 0.2) is 35.3 Å². The van der Waals surface area contributed by atoms with Gasteiger partial charge in [-0.3, -0.25) is 14.8 Å². The Balaban J connectivity index is 0.00000306. The van der Waals surface area contributed by atoms with Crippen molar-refractivity contribution in [3.63, 3.8) is 0 Å². The molecule has 4 rings (SSSR count). The summed E-state index contributed by atoms with van der Waals surface area (Å²) in [5.74, 6) is 0.988. The first kappa shape index (κ1) is 26.0. The highest BCUT2D eigenvalue weighted by Crippen LogP contribution is 2.18. The zero-order valence-corrected chi connectivity index (χ0v) is 22.5. The number of guanidine groups is 1. The van der Waals surface area contributed by atoms with Gasteiger partial charge in [0.25, 0.3) is 0 Å². The molecule has 8 nitrogen and oxygen atoms in total. The van der Waals surface area contributed by atoms with Gasteiger partial charge >= 0.3 is 6.09 Å². The van der Waals surface area contributed by atoms with Crippen LogP contribution in [-0.4, -0.2) is 109 Å². The van der Waals surface area contributed by atoms with E-state index >= 15 is 0 Å². The van der Waals surface area contributed by atoms with Gasteiger partial charge in [0.15, 0.2) is 5.96 Å². The van der Waals surface area contributed by atoms with Gasteiger partial charge in [0.2, 0.25) is 0 Å². The number of benzene rings is 1. The summed E-state index contributed by atoms with van der Waals surface area (Å²) in [6.07, 6.45) is -0.218. The Hall–Kier alpha value is -1.59. The summed E-state index contributed by atoms with van der Waals surface area (Å²) in [7, 11) is 0. The van der Waals surface area contributed by atoms with E-state index in [1.54, 1.807) is 0 Å². The molecule has 0 saturated carbocycles. The van der Waals surface area contributed by atoms with Crippen molar-refractivity contribution in [1.29, 1.82) is 0 Å². The molecule has 0 bridgehead atoms. The summed E-state index contributed by atoms with van der Waals surface area (Å²) in [5, 5.41) is 3.55. The molecule has 9 heteroatoms. The Morgan fingerprint density at radius 1 is 1.06 bits per heavy atom. The van der Waals surface area contributed by atoms with Crippen molar-refractivity contribution in [3.05, 3.63) is 35.9 Å². The number of nitrogens with zero attached hydrogens (tertiary/aromatic N) is 5. The van der Waals surface area contributed by atoms with E-state index in [2.05, 4.69) is 50.3 Å². The van der Waals surface area contributed by atoms with Gasteiger partial charge in [-0.05, 0) is 26.3 Å². The fourth-order valence-corrected chi connectivity index (χ4v) is 4.56. The molecule has 1 aromatic carbocycles. The highest BCUT2D eigenvalue weighted by Gasteiger charge is 2.36. The predicted molar refractivity (Wildman–Crippen MR) is 142 cm³/mol. The van der Waals surface area contributed by atoms with Crippen molar-refractivity contribution in [2.24, 2.45) is 4.99 Å². The lowest BCUT2D eigenvalue weighted by Crippen LogP contribution is -2.58. The third-order valence-electron chi connectivity index (χ3n) is 6.28. The fourth-order valence-electron chi connectivity index (χ4n) is 4.56. The second kappa shape index (κ2) is 11.7. The van der Waals surface area contributed by atoms with Crippen LogP contribution in [-0.2, 0) is 11.3 Å². The minimum atomic E-state index is -0.458. The van der Waals surface area contributed by atoms with Crippen molar-refractivity contribution >= 4 is 36.0 Å². The molecule has 1 amide bonds. The standard InChI is InChI=1S/C24H38N6O2.HI/c1-24(2,3)32-23(31)29-15-16-30-21(19-29)17-26-22(30)25-9-10-27-11-13-28(14-12-27)18-20-7-5-4-6-8-20;/h4-8,21H,9-19H2,1-3H3,(H,25,26);1H. The number of carbonyl (C=O) groups is 1. The monoisotopic (exact) mass is 570 g/mol. The molecule has 0 aromatic heterocycles. The van der Waals surface area contributed by atoms with E-state index in [9.17, 15) is 4.79 Å². The van der Waals surface area contributed by atoms with Gasteiger partial charge in [0.1, 0.15) is 5.60 Å². The van der Waals surface area contributed by atoms with Gasteiger partial charge in [0, 0.05) is 65.4 Å². The van der Waals surface area contributed by atoms with E-state index in [-0.39, 0.29) is 36.1 Å². The lowest BCUT2D eigenvalue weighted by molar-refractivity contribution is 0.0137. The number of rotatable bonds is 5. The second-order valence-corrected chi connectivity index (χ2v) is 9.97. The number of ether oxygens (including phenoxy) is 1. The van der Waals surface area contributed by atoms with Crippen LogP contribution in [0.1, 0.15) is 26.3 Å². The minimum Gasteiger partial charge on any atom is -0.444 e. The van der Waals surface area contributed by atoms with Crippen LogP contribution in [0.2, 0.25) is 0 Å². The number of amides is 1. The molecule has 2 fully saturated rings. The van der Waals surface area contributed by atoms with Crippen LogP contribution in [0.3, 0.4) is 0 Å². The Morgan fingerprint density at radius 3 is 2.45 bits per heavy atom. The first-order chi connectivity index (χ1) is 15.4. The highest BCUT2D eigenvalue weighted by atomic mass is 127. The third kappa shape index (κ3) is 7.45. The Morgan fingerprint density at radius 2 is 1.76 bits per heavy atom. The van der Waals surface area contributed by atoms with E-state index < -0.39 is 5.60 Å². The minimum absolute atomic E-state index is 0. The van der Waals surface area contributed by atoms with E-state index in [0.29, 0.717) is 13.1 Å². The number of hydrogen-bond acceptors (Lipinski definition) is 7. The lowest BCUT2D eigenvalue weighted by Gasteiger charge is -2.39. The first-order valence-corrected chi connectivity index (χ1v) is 11.9. The van der Waals surface area contributed by atoms with Crippen LogP contribution in [0.4, 0.5) is 4.79 Å². The van der Waals surface area contributed by atoms with Crippen molar-refractivity contribution in [1.82, 2.24) is 24.9 Å². The normalized spacial score (nSPS) is 21.8. The predicted octanol–water partition coefficient (Wildman–Crippen LogP) is 2.30. The van der Waals surface area contributed by atoms with Crippen molar-refractivity contribution in [2.75, 3.05) is 65.4 Å². The van der Waals surface area contributed by atoms with Gasteiger partial charge in [-0.1, -0.05) is 30.3 Å². The van der Waals surface area contributed by atoms with E-state index in [0.717, 1.165) is 64.9 Å². The van der Waals surface area contributed by atoms with Crippen LogP contribution < -0.4 is 5.32 Å². The van der Waals surface area contributed by atoms with Crippen molar-refractivity contribution in [2.45, 2.75) is 39.0 Å². The topological polar surface area (TPSA) is 63.7 Å². The molecule has 1 atom stereocenters. The second-order valence-electron chi connectivity index (χ2n) is 9.97. The Kier molecular flexibility index (Phi) is 9.23. The number of carbonyl (C=O) groups excluding carboxylic acids is 1. The zero-order chi connectivity index (χ0) is 22.6. The summed E-state index contributed by atoms with van der Waals surface area (Å²) in [5.41, 5.74) is 0.934. The molecule has 1 unspecified atom stereocenters. The molecule has 184 valence electrons. The van der Waals surface area contributed by atoms with E-state index in [4.69, 9.17) is 9.73 Å². The van der Waals surface area contributed by atoms with E-state index in [1.807, 2.05) is 25.7 Å². The van der Waals surface area contributed by atoms with E-state index in [1.165, 1.54) is 5.56 Å². The molecule has 2 saturated heterocycles. The van der Waals surface area contributed by atoms with Gasteiger partial charge in [-0.25, -0.2) is 4.79 Å². The van der Waals surface area contributed by atoms with Crippen molar-refractivity contribution in [3.8, 4) is 0 Å². The molecule has 0 aliphatic carbocycles. The van der Waals surface area contributed by atoms with Crippen LogP contribution in [0.25, 0.3) is 0 Å².